The number of ether oxygens (including phenoxy) is 1. The van der Waals surface area contributed by atoms with Crippen molar-refractivity contribution >= 4 is 5.91 Å². The third kappa shape index (κ3) is 5.44. The lowest BCUT2D eigenvalue weighted by atomic mass is 9.98. The van der Waals surface area contributed by atoms with Gasteiger partial charge in [-0.05, 0) is 52.2 Å². The second-order valence-corrected chi connectivity index (χ2v) is 6.78. The van der Waals surface area contributed by atoms with E-state index in [1.54, 1.807) is 0 Å². The minimum absolute atomic E-state index is 0.0875. The van der Waals surface area contributed by atoms with Crippen LogP contribution in [0.25, 0.3) is 0 Å². The molecule has 1 aliphatic heterocycles. The Kier molecular flexibility index (Phi) is 6.81. The molecule has 0 bridgehead atoms. The van der Waals surface area contributed by atoms with E-state index < -0.39 is 0 Å². The highest BCUT2D eigenvalue weighted by molar-refractivity contribution is 5.78. The number of nitrogens with zero attached hydrogens (tertiary/aromatic N) is 1. The summed E-state index contributed by atoms with van der Waals surface area (Å²) in [6.45, 7) is 8.91. The number of hydrogen-bond donors (Lipinski definition) is 2. The van der Waals surface area contributed by atoms with Gasteiger partial charge < -0.3 is 15.8 Å². The first-order chi connectivity index (χ1) is 11.0. The second-order valence-electron chi connectivity index (χ2n) is 6.78. The standard InChI is InChI=1S/C18H31N3O2/c1-13-10-16(21-11-14(2)23-15(3)12-21)7-8-17(13)20-18(22)6-4-5-9-19/h8,10,14-16H,4-7,9,11-12,19H2,1-3H3,(H,20,22)/t14-,15+,16?. The van der Waals surface area contributed by atoms with Gasteiger partial charge in [0.1, 0.15) is 0 Å². The molecule has 0 spiro atoms. The lowest BCUT2D eigenvalue weighted by molar-refractivity contribution is -0.120. The predicted octanol–water partition coefficient (Wildman–Crippen LogP) is 1.94. The number of nitrogens with one attached hydrogen (secondary N) is 1. The molecule has 3 N–H and O–H groups in total. The van der Waals surface area contributed by atoms with E-state index in [1.165, 1.54) is 0 Å². The molecular formula is C18H31N3O2. The Morgan fingerprint density at radius 3 is 2.65 bits per heavy atom. The molecule has 2 aliphatic rings. The van der Waals surface area contributed by atoms with E-state index >= 15 is 0 Å². The van der Waals surface area contributed by atoms with Crippen LogP contribution in [0.5, 0.6) is 0 Å². The number of nitrogens with two attached hydrogens (primary N) is 1. The summed E-state index contributed by atoms with van der Waals surface area (Å²) in [5, 5.41) is 3.04. The fourth-order valence-corrected chi connectivity index (χ4v) is 3.38. The number of carbonyl (C=O) groups excluding carboxylic acids is 1. The van der Waals surface area contributed by atoms with Crippen LogP contribution in [0.4, 0.5) is 0 Å². The zero-order valence-corrected chi connectivity index (χ0v) is 14.7. The first-order valence-electron chi connectivity index (χ1n) is 8.78. The highest BCUT2D eigenvalue weighted by atomic mass is 16.5. The van der Waals surface area contributed by atoms with Crippen LogP contribution < -0.4 is 11.1 Å². The summed E-state index contributed by atoms with van der Waals surface area (Å²) < 4.78 is 5.81. The average molecular weight is 321 g/mol. The largest absolute Gasteiger partial charge is 0.373 e. The average Bonchev–Trinajstić information content (AvgIpc) is 2.48. The molecule has 5 nitrogen and oxygen atoms in total. The zero-order chi connectivity index (χ0) is 16.8. The maximum atomic E-state index is 12.0. The number of allylic oxidation sites excluding steroid dienone is 1. The summed E-state index contributed by atoms with van der Waals surface area (Å²) in [7, 11) is 0. The van der Waals surface area contributed by atoms with Crippen molar-refractivity contribution in [1.82, 2.24) is 10.2 Å². The van der Waals surface area contributed by atoms with Crippen molar-refractivity contribution in [3.8, 4) is 0 Å². The molecule has 0 aromatic rings. The smallest absolute Gasteiger partial charge is 0.224 e. The van der Waals surface area contributed by atoms with Gasteiger partial charge >= 0.3 is 0 Å². The molecule has 1 unspecified atom stereocenters. The highest BCUT2D eigenvalue weighted by Gasteiger charge is 2.28. The molecule has 2 rings (SSSR count). The molecule has 1 fully saturated rings. The molecule has 1 amide bonds. The number of rotatable bonds is 6. The number of carbonyl (C=O) groups is 1. The van der Waals surface area contributed by atoms with Gasteiger partial charge in [-0.25, -0.2) is 0 Å². The zero-order valence-electron chi connectivity index (χ0n) is 14.7. The summed E-state index contributed by atoms with van der Waals surface area (Å²) in [6, 6.07) is 0.404. The topological polar surface area (TPSA) is 67.6 Å². The van der Waals surface area contributed by atoms with Gasteiger partial charge in [0, 0.05) is 31.2 Å². The third-order valence-electron chi connectivity index (χ3n) is 4.48. The van der Waals surface area contributed by atoms with Gasteiger partial charge in [-0.1, -0.05) is 12.2 Å². The van der Waals surface area contributed by atoms with Crippen LogP contribution in [0, 0.1) is 0 Å². The van der Waals surface area contributed by atoms with Crippen molar-refractivity contribution in [3.63, 3.8) is 0 Å². The van der Waals surface area contributed by atoms with Crippen LogP contribution in [0.3, 0.4) is 0 Å². The SMILES string of the molecule is CC1=CC(N2C[C@@H](C)O[C@@H](C)C2)CC=C1NC(=O)CCCCN. The van der Waals surface area contributed by atoms with Crippen molar-refractivity contribution in [2.75, 3.05) is 19.6 Å². The van der Waals surface area contributed by atoms with Crippen LogP contribution in [-0.4, -0.2) is 48.7 Å². The van der Waals surface area contributed by atoms with E-state index in [9.17, 15) is 4.79 Å². The van der Waals surface area contributed by atoms with Gasteiger partial charge in [0.15, 0.2) is 0 Å². The van der Waals surface area contributed by atoms with E-state index in [0.717, 1.165) is 43.6 Å². The fraction of sp³-hybridized carbons (Fsp3) is 0.722. The quantitative estimate of drug-likeness (QED) is 0.734. The number of hydrogen-bond acceptors (Lipinski definition) is 4. The van der Waals surface area contributed by atoms with Crippen molar-refractivity contribution in [2.24, 2.45) is 5.73 Å². The maximum absolute atomic E-state index is 12.0. The van der Waals surface area contributed by atoms with Gasteiger partial charge in [0.2, 0.25) is 5.91 Å². The van der Waals surface area contributed by atoms with Gasteiger partial charge in [0.05, 0.1) is 12.2 Å². The Hall–Kier alpha value is -1.17. The molecule has 5 heteroatoms. The monoisotopic (exact) mass is 321 g/mol. The summed E-state index contributed by atoms with van der Waals surface area (Å²) in [5.74, 6) is 0.0875. The van der Waals surface area contributed by atoms with Crippen molar-refractivity contribution in [3.05, 3.63) is 23.4 Å². The Labute approximate surface area is 139 Å². The summed E-state index contributed by atoms with van der Waals surface area (Å²) in [5.41, 5.74) is 7.58. The normalized spacial score (nSPS) is 29.0. The van der Waals surface area contributed by atoms with Gasteiger partial charge in [0.25, 0.3) is 0 Å². The van der Waals surface area contributed by atoms with Crippen LogP contribution in [0.2, 0.25) is 0 Å². The van der Waals surface area contributed by atoms with Gasteiger partial charge in [-0.15, -0.1) is 0 Å². The third-order valence-corrected chi connectivity index (χ3v) is 4.48. The second kappa shape index (κ2) is 8.62. The molecule has 1 saturated heterocycles. The molecule has 0 radical (unpaired) electrons. The van der Waals surface area contributed by atoms with Crippen LogP contribution in [-0.2, 0) is 9.53 Å². The van der Waals surface area contributed by atoms with Crippen LogP contribution in [0.1, 0.15) is 46.5 Å². The Morgan fingerprint density at radius 1 is 1.35 bits per heavy atom. The predicted molar refractivity (Wildman–Crippen MR) is 92.9 cm³/mol. The molecule has 1 aliphatic carbocycles. The lowest BCUT2D eigenvalue weighted by Gasteiger charge is -2.40. The lowest BCUT2D eigenvalue weighted by Crippen LogP contribution is -2.50. The summed E-state index contributed by atoms with van der Waals surface area (Å²) in [4.78, 5) is 14.4. The van der Waals surface area contributed by atoms with Gasteiger partial charge in [-0.2, -0.15) is 0 Å². The van der Waals surface area contributed by atoms with Gasteiger partial charge in [-0.3, -0.25) is 9.69 Å². The number of amides is 1. The molecule has 0 saturated carbocycles. The van der Waals surface area contributed by atoms with Crippen molar-refractivity contribution < 1.29 is 9.53 Å². The Bertz CT molecular complexity index is 463. The van der Waals surface area contributed by atoms with E-state index in [4.69, 9.17) is 10.5 Å². The van der Waals surface area contributed by atoms with Crippen LogP contribution in [0.15, 0.2) is 23.4 Å². The Balaban J connectivity index is 1.87. The summed E-state index contributed by atoms with van der Waals surface area (Å²) in [6.07, 6.45) is 8.23. The van der Waals surface area contributed by atoms with Crippen molar-refractivity contribution in [1.29, 1.82) is 0 Å². The number of morpholine rings is 1. The first-order valence-corrected chi connectivity index (χ1v) is 8.78. The summed E-state index contributed by atoms with van der Waals surface area (Å²) >= 11 is 0. The Morgan fingerprint density at radius 2 is 2.04 bits per heavy atom. The highest BCUT2D eigenvalue weighted by Crippen LogP contribution is 2.23. The van der Waals surface area contributed by atoms with E-state index in [1.807, 2.05) is 0 Å². The minimum atomic E-state index is 0.0875. The first kappa shape index (κ1) is 18.2. The molecule has 0 aromatic heterocycles. The number of unbranched alkanes of at least 4 members (excludes halogenated alkanes) is 1. The van der Waals surface area contributed by atoms with E-state index in [2.05, 4.69) is 43.1 Å². The fourth-order valence-electron chi connectivity index (χ4n) is 3.38. The van der Waals surface area contributed by atoms with Crippen molar-refractivity contribution in [2.45, 2.75) is 64.7 Å². The minimum Gasteiger partial charge on any atom is -0.373 e. The molecule has 3 atom stereocenters. The van der Waals surface area contributed by atoms with Crippen LogP contribution >= 0.6 is 0 Å². The molecule has 1 heterocycles. The van der Waals surface area contributed by atoms with E-state index in [-0.39, 0.29) is 18.1 Å². The molecule has 23 heavy (non-hydrogen) atoms. The van der Waals surface area contributed by atoms with E-state index in [0.29, 0.717) is 19.0 Å². The molecular weight excluding hydrogens is 290 g/mol. The molecule has 0 aromatic carbocycles. The maximum Gasteiger partial charge on any atom is 0.224 e. The molecule has 130 valence electrons.